The Morgan fingerprint density at radius 2 is 2.31 bits per heavy atom. The smallest absolute Gasteiger partial charge is 0.138 e. The Balaban J connectivity index is 1.94. The minimum absolute atomic E-state index is 0.159. The summed E-state index contributed by atoms with van der Waals surface area (Å²) in [5, 5.41) is 5.10. The van der Waals surface area contributed by atoms with E-state index in [-0.39, 0.29) is 5.60 Å². The number of oxime groups is 1. The van der Waals surface area contributed by atoms with Crippen molar-refractivity contribution < 1.29 is 4.84 Å². The van der Waals surface area contributed by atoms with Crippen molar-refractivity contribution in [3.63, 3.8) is 0 Å². The molecule has 16 heavy (non-hydrogen) atoms. The van der Waals surface area contributed by atoms with Gasteiger partial charge < -0.3 is 4.84 Å². The monoisotopic (exact) mass is 276 g/mol. The van der Waals surface area contributed by atoms with Crippen LogP contribution in [-0.2, 0) is 10.6 Å². The van der Waals surface area contributed by atoms with Crippen molar-refractivity contribution in [2.24, 2.45) is 5.16 Å². The van der Waals surface area contributed by atoms with Crippen molar-refractivity contribution in [1.82, 2.24) is 4.37 Å². The van der Waals surface area contributed by atoms with Crippen LogP contribution in [0, 0.1) is 6.92 Å². The zero-order valence-corrected chi connectivity index (χ0v) is 11.8. The Labute approximate surface area is 108 Å². The Hall–Kier alpha value is -0.260. The molecule has 1 aromatic rings. The molecule has 0 atom stereocenters. The zero-order valence-electron chi connectivity index (χ0n) is 9.41. The van der Waals surface area contributed by atoms with Gasteiger partial charge in [0.2, 0.25) is 0 Å². The van der Waals surface area contributed by atoms with Crippen LogP contribution >= 0.6 is 34.9 Å². The van der Waals surface area contributed by atoms with Gasteiger partial charge in [-0.05, 0) is 32.3 Å². The van der Waals surface area contributed by atoms with Gasteiger partial charge in [0, 0.05) is 17.7 Å². The lowest BCUT2D eigenvalue weighted by atomic mass is 10.1. The summed E-state index contributed by atoms with van der Waals surface area (Å²) in [5.74, 6) is 0.819. The number of rotatable bonds is 2. The van der Waals surface area contributed by atoms with Gasteiger partial charge in [0.25, 0.3) is 0 Å². The second-order valence-corrected chi connectivity index (χ2v) is 6.75. The molecule has 0 unspecified atom stereocenters. The summed E-state index contributed by atoms with van der Waals surface area (Å²) in [6, 6.07) is 0. The normalized spacial score (nSPS) is 18.4. The number of aryl methyl sites for hydroxylation is 1. The third kappa shape index (κ3) is 2.70. The molecule has 0 amide bonds. The molecule has 1 aliphatic heterocycles. The Morgan fingerprint density at radius 1 is 1.56 bits per heavy atom. The fourth-order valence-corrected chi connectivity index (χ4v) is 3.70. The molecule has 0 radical (unpaired) electrons. The molecule has 0 N–H and O–H groups in total. The number of halogens is 1. The molecule has 0 aliphatic carbocycles. The van der Waals surface area contributed by atoms with Crippen molar-refractivity contribution in [3.8, 4) is 0 Å². The summed E-state index contributed by atoms with van der Waals surface area (Å²) in [4.78, 5) is 5.30. The van der Waals surface area contributed by atoms with Gasteiger partial charge in [-0.2, -0.15) is 4.37 Å². The van der Waals surface area contributed by atoms with Crippen molar-refractivity contribution in [2.75, 3.05) is 0 Å². The molecule has 2 heterocycles. The van der Waals surface area contributed by atoms with Gasteiger partial charge in [-0.3, -0.25) is 0 Å². The minimum atomic E-state index is -0.159. The van der Waals surface area contributed by atoms with Crippen LogP contribution in [-0.4, -0.2) is 15.0 Å². The lowest BCUT2D eigenvalue weighted by Crippen LogP contribution is -2.18. The predicted octanol–water partition coefficient (Wildman–Crippen LogP) is 3.85. The highest BCUT2D eigenvalue weighted by Crippen LogP contribution is 2.32. The molecule has 88 valence electrons. The molecule has 0 spiro atoms. The summed E-state index contributed by atoms with van der Waals surface area (Å²) >= 11 is 9.08. The predicted molar refractivity (Wildman–Crippen MR) is 70.4 cm³/mol. The summed E-state index contributed by atoms with van der Waals surface area (Å²) in [7, 11) is 0. The number of aromatic nitrogens is 1. The first kappa shape index (κ1) is 12.2. The molecule has 0 aromatic carbocycles. The van der Waals surface area contributed by atoms with E-state index in [1.807, 2.05) is 20.8 Å². The van der Waals surface area contributed by atoms with E-state index in [1.165, 1.54) is 11.5 Å². The first-order valence-electron chi connectivity index (χ1n) is 4.96. The van der Waals surface area contributed by atoms with Crippen LogP contribution in [0.1, 0.15) is 31.5 Å². The highest BCUT2D eigenvalue weighted by Gasteiger charge is 2.29. The maximum atomic E-state index is 6.06. The van der Waals surface area contributed by atoms with E-state index in [0.29, 0.717) is 0 Å². The fraction of sp³-hybridized carbons (Fsp3) is 0.600. The highest BCUT2D eigenvalue weighted by molar-refractivity contribution is 8.13. The molecule has 3 nitrogen and oxygen atoms in total. The SMILES string of the molecule is Cc1nsc(Cl)c1CSC1=NOC(C)(C)C1. The van der Waals surface area contributed by atoms with Crippen LogP contribution < -0.4 is 0 Å². The summed E-state index contributed by atoms with van der Waals surface area (Å²) in [6.07, 6.45) is 0.867. The van der Waals surface area contributed by atoms with E-state index >= 15 is 0 Å². The zero-order chi connectivity index (χ0) is 11.8. The van der Waals surface area contributed by atoms with E-state index in [0.717, 1.165) is 32.8 Å². The topological polar surface area (TPSA) is 34.5 Å². The van der Waals surface area contributed by atoms with E-state index in [1.54, 1.807) is 11.8 Å². The molecule has 6 heteroatoms. The summed E-state index contributed by atoms with van der Waals surface area (Å²) in [5.41, 5.74) is 1.97. The lowest BCUT2D eigenvalue weighted by molar-refractivity contribution is 0.0123. The van der Waals surface area contributed by atoms with Crippen molar-refractivity contribution in [1.29, 1.82) is 0 Å². The molecule has 1 aromatic heterocycles. The fourth-order valence-electron chi connectivity index (χ4n) is 1.36. The van der Waals surface area contributed by atoms with Gasteiger partial charge in [-0.25, -0.2) is 0 Å². The lowest BCUT2D eigenvalue weighted by Gasteiger charge is -2.12. The first-order valence-corrected chi connectivity index (χ1v) is 7.10. The van der Waals surface area contributed by atoms with E-state index in [9.17, 15) is 0 Å². The first-order chi connectivity index (χ1) is 7.48. The van der Waals surface area contributed by atoms with Gasteiger partial charge in [0.1, 0.15) is 15.0 Å². The summed E-state index contributed by atoms with van der Waals surface area (Å²) in [6.45, 7) is 6.05. The van der Waals surface area contributed by atoms with Crippen LogP contribution in [0.3, 0.4) is 0 Å². The number of nitrogens with zero attached hydrogens (tertiary/aromatic N) is 2. The molecule has 1 aliphatic rings. The largest absolute Gasteiger partial charge is 0.389 e. The molecule has 0 bridgehead atoms. The third-order valence-electron chi connectivity index (χ3n) is 2.29. The quantitative estimate of drug-likeness (QED) is 0.823. The highest BCUT2D eigenvalue weighted by atomic mass is 35.5. The maximum absolute atomic E-state index is 6.06. The second kappa shape index (κ2) is 4.55. The third-order valence-corrected chi connectivity index (χ3v) is 4.48. The van der Waals surface area contributed by atoms with Crippen molar-refractivity contribution >= 4 is 39.9 Å². The van der Waals surface area contributed by atoms with E-state index in [4.69, 9.17) is 16.4 Å². The molecule has 2 rings (SSSR count). The van der Waals surface area contributed by atoms with Crippen molar-refractivity contribution in [3.05, 3.63) is 15.6 Å². The molecule has 0 saturated carbocycles. The standard InChI is InChI=1S/C10H13ClN2OS2/c1-6-7(9(11)16-13-6)5-15-8-4-10(2,3)14-12-8/h4-5H2,1-3H3. The van der Waals surface area contributed by atoms with Crippen LogP contribution in [0.25, 0.3) is 0 Å². The average molecular weight is 277 g/mol. The Morgan fingerprint density at radius 3 is 2.81 bits per heavy atom. The van der Waals surface area contributed by atoms with Gasteiger partial charge in [-0.1, -0.05) is 16.8 Å². The Bertz CT molecular complexity index is 409. The number of hydrogen-bond donors (Lipinski definition) is 0. The summed E-state index contributed by atoms with van der Waals surface area (Å²) < 4.78 is 5.00. The van der Waals surface area contributed by atoms with Crippen LogP contribution in [0.5, 0.6) is 0 Å². The number of thioether (sulfide) groups is 1. The molecule has 0 fully saturated rings. The van der Waals surface area contributed by atoms with Crippen LogP contribution in [0.15, 0.2) is 5.16 Å². The van der Waals surface area contributed by atoms with Crippen molar-refractivity contribution in [2.45, 2.75) is 38.5 Å². The molecule has 0 saturated heterocycles. The molecular weight excluding hydrogens is 264 g/mol. The minimum Gasteiger partial charge on any atom is -0.389 e. The van der Waals surface area contributed by atoms with Crippen LogP contribution in [0.2, 0.25) is 4.34 Å². The second-order valence-electron chi connectivity index (χ2n) is 4.32. The van der Waals surface area contributed by atoms with Crippen LogP contribution in [0.4, 0.5) is 0 Å². The van der Waals surface area contributed by atoms with Gasteiger partial charge >= 0.3 is 0 Å². The van der Waals surface area contributed by atoms with Gasteiger partial charge in [0.05, 0.1) is 5.69 Å². The van der Waals surface area contributed by atoms with Gasteiger partial charge in [0.15, 0.2) is 0 Å². The van der Waals surface area contributed by atoms with E-state index < -0.39 is 0 Å². The Kier molecular flexibility index (Phi) is 3.47. The number of hydrogen-bond acceptors (Lipinski definition) is 5. The van der Waals surface area contributed by atoms with Gasteiger partial charge in [-0.15, -0.1) is 11.8 Å². The molecular formula is C10H13ClN2OS2. The van der Waals surface area contributed by atoms with E-state index in [2.05, 4.69) is 9.53 Å². The maximum Gasteiger partial charge on any atom is 0.138 e. The average Bonchev–Trinajstić information content (AvgIpc) is 2.69.